The Balaban J connectivity index is 1.27. The summed E-state index contributed by atoms with van der Waals surface area (Å²) in [5.74, 6) is 0.113. The van der Waals surface area contributed by atoms with Gasteiger partial charge < -0.3 is 14.6 Å². The van der Waals surface area contributed by atoms with E-state index in [1.807, 2.05) is 18.2 Å². The van der Waals surface area contributed by atoms with Gasteiger partial charge in [-0.2, -0.15) is 0 Å². The summed E-state index contributed by atoms with van der Waals surface area (Å²) >= 11 is 0. The molecule has 0 fully saturated rings. The summed E-state index contributed by atoms with van der Waals surface area (Å²) in [5.41, 5.74) is 3.03. The zero-order valence-corrected chi connectivity index (χ0v) is 18.1. The fourth-order valence-electron chi connectivity index (χ4n) is 3.98. The maximum absolute atomic E-state index is 13.5. The predicted molar refractivity (Wildman–Crippen MR) is 123 cm³/mol. The van der Waals surface area contributed by atoms with E-state index in [9.17, 15) is 18.4 Å². The van der Waals surface area contributed by atoms with Crippen LogP contribution in [0.5, 0.6) is 0 Å². The van der Waals surface area contributed by atoms with Crippen LogP contribution in [0.25, 0.3) is 11.3 Å². The molecule has 7 heteroatoms. The van der Waals surface area contributed by atoms with Crippen molar-refractivity contribution in [1.82, 2.24) is 4.90 Å². The number of hydrogen-bond donors (Lipinski definition) is 1. The van der Waals surface area contributed by atoms with Gasteiger partial charge >= 0.3 is 0 Å². The second-order valence-electron chi connectivity index (χ2n) is 8.08. The van der Waals surface area contributed by atoms with Crippen LogP contribution in [0.1, 0.15) is 32.0 Å². The van der Waals surface area contributed by atoms with Gasteiger partial charge in [0.2, 0.25) is 0 Å². The van der Waals surface area contributed by atoms with Crippen LogP contribution in [0, 0.1) is 11.6 Å². The van der Waals surface area contributed by atoms with Gasteiger partial charge in [0, 0.05) is 47.5 Å². The number of carbonyl (C=O) groups excluding carboxylic acids is 2. The summed E-state index contributed by atoms with van der Waals surface area (Å²) in [6, 6.07) is 20.1. The van der Waals surface area contributed by atoms with E-state index in [1.165, 1.54) is 42.5 Å². The number of anilines is 1. The second kappa shape index (κ2) is 8.94. The third-order valence-corrected chi connectivity index (χ3v) is 5.76. The van der Waals surface area contributed by atoms with Crippen molar-refractivity contribution in [2.24, 2.45) is 0 Å². The number of hydrogen-bond acceptors (Lipinski definition) is 3. The molecule has 0 unspecified atom stereocenters. The number of furan rings is 1. The Morgan fingerprint density at radius 2 is 1.62 bits per heavy atom. The largest absolute Gasteiger partial charge is 0.461 e. The summed E-state index contributed by atoms with van der Waals surface area (Å²) in [6.45, 7) is 0.879. The first-order valence-electron chi connectivity index (χ1n) is 10.8. The fourth-order valence-corrected chi connectivity index (χ4v) is 3.98. The van der Waals surface area contributed by atoms with Crippen molar-refractivity contribution >= 4 is 17.5 Å². The number of nitrogens with zero attached hydrogens (tertiary/aromatic N) is 1. The van der Waals surface area contributed by atoms with Gasteiger partial charge in [-0.05, 0) is 72.8 Å². The molecule has 0 aliphatic carbocycles. The minimum Gasteiger partial charge on any atom is -0.461 e. The zero-order valence-electron chi connectivity index (χ0n) is 18.1. The van der Waals surface area contributed by atoms with Crippen molar-refractivity contribution < 1.29 is 22.8 Å². The van der Waals surface area contributed by atoms with Gasteiger partial charge in [-0.3, -0.25) is 9.59 Å². The number of fused-ring (bicyclic) bond motifs is 1. The van der Waals surface area contributed by atoms with Crippen LogP contribution < -0.4 is 5.32 Å². The first-order chi connectivity index (χ1) is 16.5. The number of nitrogens with one attached hydrogen (secondary N) is 1. The van der Waals surface area contributed by atoms with E-state index >= 15 is 0 Å². The molecule has 1 N–H and O–H groups in total. The SMILES string of the molecule is O=C(Nc1ccc(-c2cc3c(o2)CCN(C(=O)c2cccc(F)c2)C3)cc1)c1ccc(F)cc1. The van der Waals surface area contributed by atoms with Crippen molar-refractivity contribution in [3.63, 3.8) is 0 Å². The summed E-state index contributed by atoms with van der Waals surface area (Å²) in [6.07, 6.45) is 0.572. The lowest BCUT2D eigenvalue weighted by atomic mass is 10.1. The molecular weight excluding hydrogens is 438 g/mol. The maximum atomic E-state index is 13.5. The summed E-state index contributed by atoms with van der Waals surface area (Å²) in [7, 11) is 0. The maximum Gasteiger partial charge on any atom is 0.255 e. The number of amides is 2. The van der Waals surface area contributed by atoms with E-state index in [0.717, 1.165) is 16.9 Å². The molecule has 4 aromatic rings. The summed E-state index contributed by atoms with van der Waals surface area (Å²) < 4.78 is 32.6. The van der Waals surface area contributed by atoms with Crippen LogP contribution >= 0.6 is 0 Å². The zero-order chi connectivity index (χ0) is 23.7. The molecule has 0 bridgehead atoms. The Hall–Kier alpha value is -4.26. The molecule has 0 spiro atoms. The predicted octanol–water partition coefficient (Wildman–Crippen LogP) is 5.68. The Morgan fingerprint density at radius 1 is 0.853 bits per heavy atom. The standard InChI is InChI=1S/C27H20F2N2O3/c28-21-8-4-18(5-9-21)26(32)30-23-10-6-17(7-11-23)25-15-20-16-31(13-12-24(20)34-25)27(33)19-2-1-3-22(29)14-19/h1-11,14-15H,12-13,16H2,(H,30,32). The number of halogens is 2. The minimum atomic E-state index is -0.438. The molecule has 170 valence electrons. The Morgan fingerprint density at radius 3 is 2.35 bits per heavy atom. The molecule has 0 radical (unpaired) electrons. The van der Waals surface area contributed by atoms with E-state index in [4.69, 9.17) is 4.42 Å². The minimum absolute atomic E-state index is 0.214. The van der Waals surface area contributed by atoms with E-state index in [2.05, 4.69) is 5.32 Å². The Bertz CT molecular complexity index is 1360. The van der Waals surface area contributed by atoms with Crippen molar-refractivity contribution in [3.8, 4) is 11.3 Å². The van der Waals surface area contributed by atoms with E-state index in [1.54, 1.807) is 23.1 Å². The first kappa shape index (κ1) is 21.6. The highest BCUT2D eigenvalue weighted by molar-refractivity contribution is 6.04. The number of carbonyl (C=O) groups is 2. The highest BCUT2D eigenvalue weighted by Crippen LogP contribution is 2.31. The third kappa shape index (κ3) is 4.45. The molecule has 1 aliphatic heterocycles. The molecule has 5 nitrogen and oxygen atoms in total. The van der Waals surface area contributed by atoms with Crippen molar-refractivity contribution in [1.29, 1.82) is 0 Å². The van der Waals surface area contributed by atoms with Gasteiger partial charge in [-0.1, -0.05) is 6.07 Å². The van der Waals surface area contributed by atoms with Gasteiger partial charge in [0.05, 0.1) is 0 Å². The van der Waals surface area contributed by atoms with Crippen molar-refractivity contribution in [2.75, 3.05) is 11.9 Å². The molecule has 1 aromatic heterocycles. The molecular formula is C27H20F2N2O3. The van der Waals surface area contributed by atoms with Gasteiger partial charge in [0.25, 0.3) is 11.8 Å². The van der Waals surface area contributed by atoms with Crippen molar-refractivity contribution in [3.05, 3.63) is 113 Å². The molecule has 1 aliphatic rings. The molecule has 34 heavy (non-hydrogen) atoms. The molecule has 2 heterocycles. The van der Waals surface area contributed by atoms with Gasteiger partial charge in [0.1, 0.15) is 23.2 Å². The highest BCUT2D eigenvalue weighted by Gasteiger charge is 2.25. The van der Waals surface area contributed by atoms with E-state index < -0.39 is 11.6 Å². The average molecular weight is 458 g/mol. The number of rotatable bonds is 4. The number of benzene rings is 3. The molecule has 0 saturated carbocycles. The quantitative estimate of drug-likeness (QED) is 0.428. The molecule has 2 amide bonds. The molecule has 3 aromatic carbocycles. The van der Waals surface area contributed by atoms with Crippen LogP contribution in [0.15, 0.2) is 83.3 Å². The normalized spacial score (nSPS) is 12.8. The Labute approximate surface area is 194 Å². The van der Waals surface area contributed by atoms with Crippen LogP contribution in [-0.2, 0) is 13.0 Å². The van der Waals surface area contributed by atoms with E-state index in [0.29, 0.717) is 42.1 Å². The van der Waals surface area contributed by atoms with Gasteiger partial charge in [0.15, 0.2) is 0 Å². The summed E-state index contributed by atoms with van der Waals surface area (Å²) in [4.78, 5) is 26.8. The van der Waals surface area contributed by atoms with E-state index in [-0.39, 0.29) is 11.8 Å². The highest BCUT2D eigenvalue weighted by atomic mass is 19.1. The topological polar surface area (TPSA) is 62.6 Å². The van der Waals surface area contributed by atoms with Crippen LogP contribution in [-0.4, -0.2) is 23.3 Å². The van der Waals surface area contributed by atoms with Crippen LogP contribution in [0.3, 0.4) is 0 Å². The molecule has 5 rings (SSSR count). The second-order valence-corrected chi connectivity index (χ2v) is 8.08. The third-order valence-electron chi connectivity index (χ3n) is 5.76. The average Bonchev–Trinajstić information content (AvgIpc) is 3.28. The first-order valence-corrected chi connectivity index (χ1v) is 10.8. The lowest BCUT2D eigenvalue weighted by molar-refractivity contribution is 0.0729. The molecule has 0 saturated heterocycles. The lowest BCUT2D eigenvalue weighted by Crippen LogP contribution is -2.35. The van der Waals surface area contributed by atoms with Crippen LogP contribution in [0.2, 0.25) is 0 Å². The van der Waals surface area contributed by atoms with Crippen LogP contribution in [0.4, 0.5) is 14.5 Å². The Kier molecular flexibility index (Phi) is 5.67. The lowest BCUT2D eigenvalue weighted by Gasteiger charge is -2.26. The molecule has 0 atom stereocenters. The smallest absolute Gasteiger partial charge is 0.255 e. The monoisotopic (exact) mass is 458 g/mol. The fraction of sp³-hybridized carbons (Fsp3) is 0.111. The van der Waals surface area contributed by atoms with Crippen molar-refractivity contribution in [2.45, 2.75) is 13.0 Å². The van der Waals surface area contributed by atoms with Gasteiger partial charge in [-0.15, -0.1) is 0 Å². The van der Waals surface area contributed by atoms with Gasteiger partial charge in [-0.25, -0.2) is 8.78 Å². The summed E-state index contributed by atoms with van der Waals surface area (Å²) in [5, 5.41) is 2.78.